The molecule has 0 saturated carbocycles. The molecular weight excluding hydrogens is 284 g/mol. The number of benzene rings is 1. The van der Waals surface area contributed by atoms with E-state index in [0.717, 1.165) is 44.2 Å². The number of aromatic nitrogens is 1. The highest BCUT2D eigenvalue weighted by atomic mass is 32.1. The summed E-state index contributed by atoms with van der Waals surface area (Å²) in [5.74, 6) is 0.910. The molecule has 112 valence electrons. The fraction of sp³-hybridized carbons (Fsp3) is 0.400. The first-order chi connectivity index (χ1) is 10.2. The van der Waals surface area contributed by atoms with Gasteiger partial charge in [0.2, 0.25) is 0 Å². The maximum absolute atomic E-state index is 5.68. The third-order valence-corrected chi connectivity index (χ3v) is 4.47. The third-order valence-electron chi connectivity index (χ3n) is 3.75. The van der Waals surface area contributed by atoms with Gasteiger partial charge in [0.25, 0.3) is 0 Å². The maximum Gasteiger partial charge on any atom is 0.180 e. The van der Waals surface area contributed by atoms with Crippen LogP contribution < -0.4 is 15.4 Å². The van der Waals surface area contributed by atoms with E-state index in [2.05, 4.69) is 26.9 Å². The van der Waals surface area contributed by atoms with Gasteiger partial charge in [-0.25, -0.2) is 4.98 Å². The second kappa shape index (κ2) is 6.32. The van der Waals surface area contributed by atoms with Gasteiger partial charge in [0.15, 0.2) is 5.13 Å². The fourth-order valence-corrected chi connectivity index (χ4v) is 3.15. The largest absolute Gasteiger partial charge is 0.497 e. The van der Waals surface area contributed by atoms with Crippen LogP contribution in [0, 0.1) is 0 Å². The van der Waals surface area contributed by atoms with E-state index < -0.39 is 0 Å². The van der Waals surface area contributed by atoms with Crippen molar-refractivity contribution in [1.82, 2.24) is 9.88 Å². The number of nitrogen functional groups attached to an aromatic ring is 1. The van der Waals surface area contributed by atoms with Crippen LogP contribution in [-0.2, 0) is 6.54 Å². The summed E-state index contributed by atoms with van der Waals surface area (Å²) in [5, 5.41) is 2.70. The summed E-state index contributed by atoms with van der Waals surface area (Å²) in [5.41, 5.74) is 7.98. The predicted octanol–water partition coefficient (Wildman–Crippen LogP) is 2.06. The number of hydrogen-bond donors (Lipinski definition) is 1. The molecule has 0 aliphatic carbocycles. The number of hydrogen-bond acceptors (Lipinski definition) is 6. The summed E-state index contributed by atoms with van der Waals surface area (Å²) in [6.07, 6.45) is 0. The molecule has 21 heavy (non-hydrogen) atoms. The molecule has 0 spiro atoms. The van der Waals surface area contributed by atoms with Gasteiger partial charge < -0.3 is 15.4 Å². The SMILES string of the molecule is COc1cccc(N2CCN(Cc3csc(N)n3)CC2)c1. The normalized spacial score (nSPS) is 16.1. The number of thiazole rings is 1. The van der Waals surface area contributed by atoms with E-state index in [1.165, 1.54) is 17.0 Å². The highest BCUT2D eigenvalue weighted by Crippen LogP contribution is 2.22. The quantitative estimate of drug-likeness (QED) is 0.937. The van der Waals surface area contributed by atoms with Crippen LogP contribution in [0.2, 0.25) is 0 Å². The number of ether oxygens (including phenoxy) is 1. The van der Waals surface area contributed by atoms with Gasteiger partial charge in [-0.1, -0.05) is 6.07 Å². The lowest BCUT2D eigenvalue weighted by atomic mass is 10.2. The highest BCUT2D eigenvalue weighted by Gasteiger charge is 2.18. The standard InChI is InChI=1S/C15H20N4OS/c1-20-14-4-2-3-13(9-14)19-7-5-18(6-8-19)10-12-11-21-15(16)17-12/h2-4,9,11H,5-8,10H2,1H3,(H2,16,17). The van der Waals surface area contributed by atoms with Crippen LogP contribution in [0.25, 0.3) is 0 Å². The van der Waals surface area contributed by atoms with Gasteiger partial charge >= 0.3 is 0 Å². The molecule has 2 heterocycles. The molecule has 0 radical (unpaired) electrons. The zero-order valence-corrected chi connectivity index (χ0v) is 13.0. The van der Waals surface area contributed by atoms with Gasteiger partial charge in [0.1, 0.15) is 5.75 Å². The predicted molar refractivity (Wildman–Crippen MR) is 87.0 cm³/mol. The first-order valence-electron chi connectivity index (χ1n) is 7.06. The lowest BCUT2D eigenvalue weighted by Gasteiger charge is -2.35. The number of anilines is 2. The van der Waals surface area contributed by atoms with Gasteiger partial charge in [-0.2, -0.15) is 0 Å². The van der Waals surface area contributed by atoms with Crippen LogP contribution in [0.5, 0.6) is 5.75 Å². The molecule has 1 aromatic carbocycles. The average Bonchev–Trinajstić information content (AvgIpc) is 2.93. The summed E-state index contributed by atoms with van der Waals surface area (Å²) < 4.78 is 5.29. The Morgan fingerprint density at radius 3 is 2.76 bits per heavy atom. The first-order valence-corrected chi connectivity index (χ1v) is 7.94. The molecule has 2 N–H and O–H groups in total. The summed E-state index contributed by atoms with van der Waals surface area (Å²) in [4.78, 5) is 9.15. The Hall–Kier alpha value is -1.79. The number of piperazine rings is 1. The van der Waals surface area contributed by atoms with Crippen molar-refractivity contribution >= 4 is 22.2 Å². The maximum atomic E-state index is 5.68. The first kappa shape index (κ1) is 14.2. The average molecular weight is 304 g/mol. The van der Waals surface area contributed by atoms with E-state index in [1.54, 1.807) is 7.11 Å². The van der Waals surface area contributed by atoms with Crippen LogP contribution in [0.1, 0.15) is 5.69 Å². The Kier molecular flexibility index (Phi) is 4.26. The van der Waals surface area contributed by atoms with Crippen molar-refractivity contribution in [3.63, 3.8) is 0 Å². The molecular formula is C15H20N4OS. The molecule has 0 unspecified atom stereocenters. The van der Waals surface area contributed by atoms with Crippen molar-refractivity contribution in [3.05, 3.63) is 35.3 Å². The molecule has 1 saturated heterocycles. The molecule has 3 rings (SSSR count). The summed E-state index contributed by atoms with van der Waals surface area (Å²) in [6.45, 7) is 5.00. The monoisotopic (exact) mass is 304 g/mol. The molecule has 1 aliphatic rings. The van der Waals surface area contributed by atoms with Gasteiger partial charge in [0, 0.05) is 49.9 Å². The van der Waals surface area contributed by atoms with Crippen molar-refractivity contribution in [2.24, 2.45) is 0 Å². The molecule has 5 nitrogen and oxygen atoms in total. The Morgan fingerprint density at radius 1 is 1.29 bits per heavy atom. The van der Waals surface area contributed by atoms with Crippen molar-refractivity contribution in [2.45, 2.75) is 6.54 Å². The number of nitrogens with zero attached hydrogens (tertiary/aromatic N) is 3. The van der Waals surface area contributed by atoms with E-state index >= 15 is 0 Å². The fourth-order valence-electron chi connectivity index (χ4n) is 2.60. The van der Waals surface area contributed by atoms with Gasteiger partial charge in [0.05, 0.1) is 12.8 Å². The molecule has 1 aromatic heterocycles. The second-order valence-corrected chi connectivity index (χ2v) is 6.03. The molecule has 1 aliphatic heterocycles. The van der Waals surface area contributed by atoms with Gasteiger partial charge in [-0.05, 0) is 12.1 Å². The van der Waals surface area contributed by atoms with E-state index in [0.29, 0.717) is 5.13 Å². The van der Waals surface area contributed by atoms with Gasteiger partial charge in [-0.3, -0.25) is 4.90 Å². The van der Waals surface area contributed by atoms with Crippen LogP contribution in [0.4, 0.5) is 10.8 Å². The molecule has 2 aromatic rings. The Morgan fingerprint density at radius 2 is 2.10 bits per heavy atom. The zero-order chi connectivity index (χ0) is 14.7. The smallest absolute Gasteiger partial charge is 0.180 e. The highest BCUT2D eigenvalue weighted by molar-refractivity contribution is 7.13. The lowest BCUT2D eigenvalue weighted by Crippen LogP contribution is -2.46. The second-order valence-electron chi connectivity index (χ2n) is 5.14. The number of rotatable bonds is 4. The third kappa shape index (κ3) is 3.46. The van der Waals surface area contributed by atoms with Crippen LogP contribution in [-0.4, -0.2) is 43.2 Å². The minimum absolute atomic E-state index is 0.653. The van der Waals surface area contributed by atoms with E-state index in [1.807, 2.05) is 17.5 Å². The molecule has 6 heteroatoms. The lowest BCUT2D eigenvalue weighted by molar-refractivity contribution is 0.247. The van der Waals surface area contributed by atoms with Crippen molar-refractivity contribution < 1.29 is 4.74 Å². The Bertz CT molecular complexity index is 593. The molecule has 1 fully saturated rings. The Balaban J connectivity index is 1.57. The van der Waals surface area contributed by atoms with E-state index in [9.17, 15) is 0 Å². The van der Waals surface area contributed by atoms with Crippen LogP contribution >= 0.6 is 11.3 Å². The van der Waals surface area contributed by atoms with Crippen molar-refractivity contribution in [2.75, 3.05) is 43.9 Å². The minimum Gasteiger partial charge on any atom is -0.497 e. The minimum atomic E-state index is 0.653. The van der Waals surface area contributed by atoms with Crippen LogP contribution in [0.3, 0.4) is 0 Å². The van der Waals surface area contributed by atoms with E-state index in [-0.39, 0.29) is 0 Å². The number of methoxy groups -OCH3 is 1. The topological polar surface area (TPSA) is 54.6 Å². The summed E-state index contributed by atoms with van der Waals surface area (Å²) in [7, 11) is 1.70. The van der Waals surface area contributed by atoms with Gasteiger partial charge in [-0.15, -0.1) is 11.3 Å². The summed E-state index contributed by atoms with van der Waals surface area (Å²) >= 11 is 1.51. The Labute approximate surface area is 129 Å². The van der Waals surface area contributed by atoms with Crippen molar-refractivity contribution in [1.29, 1.82) is 0 Å². The molecule has 0 atom stereocenters. The molecule has 0 bridgehead atoms. The summed E-state index contributed by atoms with van der Waals surface area (Å²) in [6, 6.07) is 8.25. The number of nitrogens with two attached hydrogens (primary N) is 1. The van der Waals surface area contributed by atoms with Crippen molar-refractivity contribution in [3.8, 4) is 5.75 Å². The zero-order valence-electron chi connectivity index (χ0n) is 12.2. The van der Waals surface area contributed by atoms with E-state index in [4.69, 9.17) is 10.5 Å². The molecule has 0 amide bonds. The van der Waals surface area contributed by atoms with Crippen LogP contribution in [0.15, 0.2) is 29.6 Å².